The minimum atomic E-state index is -1.37. The van der Waals surface area contributed by atoms with Crippen LogP contribution in [0.2, 0.25) is 0 Å². The van der Waals surface area contributed by atoms with Crippen molar-refractivity contribution in [3.8, 4) is 0 Å². The number of carboxylic acids is 1. The molecule has 5 fully saturated rings. The molecule has 3 amide bonds. The number of carbonyl (C=O) groups excluding carboxylic acids is 3. The topological polar surface area (TPSA) is 164 Å². The number of hydrogen-bond acceptors (Lipinski definition) is 9. The molecule has 3 unspecified atom stereocenters. The molecule has 6 rings (SSSR count). The molecule has 3 saturated carbocycles. The van der Waals surface area contributed by atoms with E-state index in [-0.39, 0.29) is 30.6 Å². The lowest BCUT2D eigenvalue weighted by atomic mass is 9.70. The molecule has 3 aliphatic heterocycles. The number of aliphatic carboxylic acids is 1. The van der Waals surface area contributed by atoms with E-state index in [2.05, 4.69) is 27.0 Å². The van der Waals surface area contributed by atoms with Crippen LogP contribution >= 0.6 is 0 Å². The van der Waals surface area contributed by atoms with E-state index < -0.39 is 41.2 Å². The molecular weight excluding hydrogens is 626 g/mol. The number of hydrazine groups is 3. The molecule has 0 aromatic carbocycles. The number of alkyl carbamates (subject to hydrolysis) is 1. The van der Waals surface area contributed by atoms with Crippen LogP contribution < -0.4 is 27.0 Å². The van der Waals surface area contributed by atoms with Crippen LogP contribution in [0.4, 0.5) is 4.79 Å². The van der Waals surface area contributed by atoms with E-state index >= 15 is 0 Å². The maximum absolute atomic E-state index is 14.3. The molecule has 0 bridgehead atoms. The number of allylic oxidation sites excluding steroid dienone is 1. The van der Waals surface area contributed by atoms with Crippen LogP contribution in [0.25, 0.3) is 0 Å². The summed E-state index contributed by atoms with van der Waals surface area (Å²) in [6.07, 6.45) is 19.2. The standard InChI is InChI=1S/C36H59N7O6/c1-35(2,3)49-34(48)37-28-18-11-6-4-5-10-17-26-21-36(26,33(46)47)38-31(44)29-20-27(22-42(29)32(28)45)43-40-30(39-41-43)25-16-12-15-24(19-25)23-13-8-7-9-14-23/h10,17,23-30,39-41H,4-9,11-16,18-22H2,1-3H3,(H,37,48)(H,38,44)(H,46,47)/b17-10-/t24?,25?,26-,27-,28+,29+,30?,36-/m1/s1. The summed E-state index contributed by atoms with van der Waals surface area (Å²) in [4.78, 5) is 55.3. The Labute approximate surface area is 291 Å². The van der Waals surface area contributed by atoms with Crippen LogP contribution in [0.1, 0.15) is 124 Å². The number of ether oxygens (including phenoxy) is 1. The third-order valence-corrected chi connectivity index (χ3v) is 11.9. The molecule has 13 nitrogen and oxygen atoms in total. The molecule has 8 atom stereocenters. The van der Waals surface area contributed by atoms with Crippen molar-refractivity contribution in [2.45, 2.75) is 159 Å². The molecule has 6 N–H and O–H groups in total. The number of hydrogen-bond donors (Lipinski definition) is 6. The molecule has 6 aliphatic rings. The fraction of sp³-hybridized carbons (Fsp3) is 0.833. The first-order valence-corrected chi connectivity index (χ1v) is 19.0. The van der Waals surface area contributed by atoms with Crippen molar-refractivity contribution in [3.05, 3.63) is 12.2 Å². The minimum absolute atomic E-state index is 0.0323. The van der Waals surface area contributed by atoms with Gasteiger partial charge < -0.3 is 25.4 Å². The van der Waals surface area contributed by atoms with Crippen LogP contribution in [0, 0.1) is 23.7 Å². The molecule has 0 aromatic rings. The predicted octanol–water partition coefficient (Wildman–Crippen LogP) is 3.87. The largest absolute Gasteiger partial charge is 0.479 e. The van der Waals surface area contributed by atoms with Crippen molar-refractivity contribution in [1.82, 2.24) is 37.0 Å². The molecule has 0 radical (unpaired) electrons. The van der Waals surface area contributed by atoms with E-state index in [1.807, 2.05) is 17.3 Å². The zero-order chi connectivity index (χ0) is 34.8. The third kappa shape index (κ3) is 8.60. The molecule has 2 saturated heterocycles. The Balaban J connectivity index is 1.18. The summed E-state index contributed by atoms with van der Waals surface area (Å²) in [7, 11) is 0. The number of rotatable bonds is 5. The summed E-state index contributed by atoms with van der Waals surface area (Å²) in [5.41, 5.74) is 8.27. The van der Waals surface area contributed by atoms with E-state index in [9.17, 15) is 24.3 Å². The highest BCUT2D eigenvalue weighted by atomic mass is 16.6. The summed E-state index contributed by atoms with van der Waals surface area (Å²) in [5, 5.41) is 17.7. The van der Waals surface area contributed by atoms with Gasteiger partial charge in [0.05, 0.1) is 12.2 Å². The molecule has 0 aromatic heterocycles. The van der Waals surface area contributed by atoms with Gasteiger partial charge in [0.25, 0.3) is 0 Å². The maximum Gasteiger partial charge on any atom is 0.408 e. The predicted molar refractivity (Wildman–Crippen MR) is 183 cm³/mol. The van der Waals surface area contributed by atoms with Gasteiger partial charge in [0.15, 0.2) is 0 Å². The van der Waals surface area contributed by atoms with Gasteiger partial charge in [0.1, 0.15) is 23.2 Å². The van der Waals surface area contributed by atoms with E-state index in [4.69, 9.17) is 4.74 Å². The van der Waals surface area contributed by atoms with Crippen LogP contribution in [0.5, 0.6) is 0 Å². The van der Waals surface area contributed by atoms with E-state index in [1.54, 1.807) is 25.7 Å². The van der Waals surface area contributed by atoms with Crippen molar-refractivity contribution >= 4 is 23.9 Å². The SMILES string of the molecule is CC(C)(C)OC(=O)N[C@H]1CCCCC/C=C\[C@@H]2C[C@@]2(C(=O)O)NC(=O)[C@@H]2C[C@@H](N3NNC(C4CCCC(C5CCCCC5)C4)N3)CN2C1=O. The van der Waals surface area contributed by atoms with Crippen LogP contribution in [-0.2, 0) is 19.1 Å². The summed E-state index contributed by atoms with van der Waals surface area (Å²) in [6, 6.07) is -2.05. The Morgan fingerprint density at radius 2 is 1.65 bits per heavy atom. The van der Waals surface area contributed by atoms with Crippen molar-refractivity contribution in [2.75, 3.05) is 6.54 Å². The highest BCUT2D eigenvalue weighted by molar-refractivity contribution is 5.96. The molecule has 3 heterocycles. The van der Waals surface area contributed by atoms with E-state index in [0.717, 1.165) is 37.5 Å². The molecule has 13 heteroatoms. The van der Waals surface area contributed by atoms with Gasteiger partial charge in [0.2, 0.25) is 11.8 Å². The first kappa shape index (κ1) is 36.1. The average molecular weight is 686 g/mol. The quantitative estimate of drug-likeness (QED) is 0.234. The first-order valence-electron chi connectivity index (χ1n) is 19.0. The van der Waals surface area contributed by atoms with Gasteiger partial charge in [-0.25, -0.2) is 20.4 Å². The van der Waals surface area contributed by atoms with Gasteiger partial charge in [-0.1, -0.05) is 69.9 Å². The third-order valence-electron chi connectivity index (χ3n) is 11.9. The first-order chi connectivity index (χ1) is 23.4. The fourth-order valence-corrected chi connectivity index (χ4v) is 9.09. The molecule has 49 heavy (non-hydrogen) atoms. The maximum atomic E-state index is 14.3. The number of amides is 3. The van der Waals surface area contributed by atoms with Gasteiger partial charge in [-0.2, -0.15) is 10.7 Å². The number of carboxylic acid groups (broad SMARTS) is 1. The number of fused-ring (bicyclic) bond motifs is 2. The van der Waals surface area contributed by atoms with E-state index in [0.29, 0.717) is 31.6 Å². The van der Waals surface area contributed by atoms with Crippen LogP contribution in [0.15, 0.2) is 12.2 Å². The Bertz CT molecular complexity index is 1250. The van der Waals surface area contributed by atoms with Crippen LogP contribution in [0.3, 0.4) is 0 Å². The van der Waals surface area contributed by atoms with Gasteiger partial charge in [-0.15, -0.1) is 0 Å². The Morgan fingerprint density at radius 1 is 0.939 bits per heavy atom. The van der Waals surface area contributed by atoms with Crippen LogP contribution in [-0.4, -0.2) is 81.0 Å². The summed E-state index contributed by atoms with van der Waals surface area (Å²) < 4.78 is 5.51. The van der Waals surface area contributed by atoms with Gasteiger partial charge >= 0.3 is 12.1 Å². The lowest BCUT2D eigenvalue weighted by molar-refractivity contribution is -0.145. The Morgan fingerprint density at radius 3 is 2.41 bits per heavy atom. The number of nitrogens with one attached hydrogen (secondary N) is 5. The van der Waals surface area contributed by atoms with E-state index in [1.165, 1.54) is 51.4 Å². The van der Waals surface area contributed by atoms with Crippen molar-refractivity contribution in [1.29, 1.82) is 0 Å². The lowest BCUT2D eigenvalue weighted by Crippen LogP contribution is -2.56. The van der Waals surface area contributed by atoms with Crippen molar-refractivity contribution in [2.24, 2.45) is 23.7 Å². The summed E-state index contributed by atoms with van der Waals surface area (Å²) >= 11 is 0. The monoisotopic (exact) mass is 685 g/mol. The zero-order valence-corrected chi connectivity index (χ0v) is 29.7. The Hall–Kier alpha value is -2.74. The second-order valence-corrected chi connectivity index (χ2v) is 16.6. The summed E-state index contributed by atoms with van der Waals surface area (Å²) in [6.45, 7) is 5.55. The summed E-state index contributed by atoms with van der Waals surface area (Å²) in [5.74, 6) is -0.125. The number of carbonyl (C=O) groups is 4. The van der Waals surface area contributed by atoms with Crippen molar-refractivity contribution in [3.63, 3.8) is 0 Å². The second kappa shape index (κ2) is 15.2. The highest BCUT2D eigenvalue weighted by Gasteiger charge is 2.61. The minimum Gasteiger partial charge on any atom is -0.479 e. The average Bonchev–Trinajstić information content (AvgIpc) is 3.38. The molecular formula is C36H59N7O6. The van der Waals surface area contributed by atoms with Gasteiger partial charge in [0, 0.05) is 12.5 Å². The smallest absolute Gasteiger partial charge is 0.408 e. The normalized spacial score (nSPS) is 37.6. The van der Waals surface area contributed by atoms with Crippen molar-refractivity contribution < 1.29 is 29.0 Å². The molecule has 274 valence electrons. The molecule has 3 aliphatic carbocycles. The lowest BCUT2D eigenvalue weighted by Gasteiger charge is -2.38. The number of nitrogens with zero attached hydrogens (tertiary/aromatic N) is 2. The fourth-order valence-electron chi connectivity index (χ4n) is 9.09. The highest BCUT2D eigenvalue weighted by Crippen LogP contribution is 2.46. The Kier molecular flexibility index (Phi) is 11.2. The zero-order valence-electron chi connectivity index (χ0n) is 29.7. The molecule has 0 spiro atoms. The van der Waals surface area contributed by atoms with Gasteiger partial charge in [-0.3, -0.25) is 9.59 Å². The van der Waals surface area contributed by atoms with Gasteiger partial charge in [-0.05, 0) is 83.5 Å². The second-order valence-electron chi connectivity index (χ2n) is 16.6.